The molecule has 50 heavy (non-hydrogen) atoms. The Bertz CT molecular complexity index is 762. The minimum atomic E-state index is -0.716. The quantitative estimate of drug-likeness (QED) is 0.0481. The molecule has 0 aromatic carbocycles. The van der Waals surface area contributed by atoms with Gasteiger partial charge in [0.25, 0.3) is 0 Å². The van der Waals surface area contributed by atoms with Crippen LogP contribution in [0.1, 0.15) is 207 Å². The van der Waals surface area contributed by atoms with Crippen molar-refractivity contribution >= 4 is 17.8 Å². The van der Waals surface area contributed by atoms with E-state index >= 15 is 0 Å². The number of amides is 1. The summed E-state index contributed by atoms with van der Waals surface area (Å²) in [6.07, 6.45) is 30.4. The van der Waals surface area contributed by atoms with Crippen LogP contribution < -0.4 is 5.32 Å². The summed E-state index contributed by atoms with van der Waals surface area (Å²) in [4.78, 5) is 35.5. The first-order valence-corrected chi connectivity index (χ1v) is 21.2. The number of carbonyl (C=O) groups is 3. The highest BCUT2D eigenvalue weighted by Crippen LogP contribution is 2.21. The molecule has 1 amide bonds. The Morgan fingerprint density at radius 3 is 1.52 bits per heavy atom. The Hall–Kier alpha value is -1.67. The lowest BCUT2D eigenvalue weighted by atomic mass is 9.92. The standard InChI is InChI=1S/C42H81NO7/c1-4-7-10-12-16-22-29-40(44)43-39(36-48-33-25-19-14-13-17-23-30-41(45)46)37-49-34-26-20-15-18-24-31-42(47)50-35-32-38(27-9-6-3)28-21-11-8-5-2/h38-39H,4-37H2,1-3H3,(H,43,44)(H,45,46). The van der Waals surface area contributed by atoms with Crippen molar-refractivity contribution in [2.45, 2.75) is 213 Å². The summed E-state index contributed by atoms with van der Waals surface area (Å²) in [6, 6.07) is -0.146. The maximum Gasteiger partial charge on any atom is 0.305 e. The van der Waals surface area contributed by atoms with Gasteiger partial charge in [0.05, 0.1) is 25.9 Å². The molecule has 0 spiro atoms. The van der Waals surface area contributed by atoms with Crippen LogP contribution in [-0.4, -0.2) is 62.0 Å². The molecule has 8 heteroatoms. The molecule has 0 heterocycles. The molecule has 0 bridgehead atoms. The van der Waals surface area contributed by atoms with Gasteiger partial charge in [0, 0.05) is 32.5 Å². The molecule has 0 aromatic rings. The van der Waals surface area contributed by atoms with Gasteiger partial charge in [0.2, 0.25) is 5.91 Å². The number of esters is 1. The summed E-state index contributed by atoms with van der Waals surface area (Å²) < 4.78 is 17.5. The summed E-state index contributed by atoms with van der Waals surface area (Å²) in [7, 11) is 0. The van der Waals surface area contributed by atoms with Crippen molar-refractivity contribution < 1.29 is 33.7 Å². The summed E-state index contributed by atoms with van der Waals surface area (Å²) in [5.74, 6) is 0.00649. The highest BCUT2D eigenvalue weighted by atomic mass is 16.5. The first kappa shape index (κ1) is 48.3. The van der Waals surface area contributed by atoms with E-state index in [4.69, 9.17) is 19.3 Å². The van der Waals surface area contributed by atoms with Gasteiger partial charge in [-0.3, -0.25) is 14.4 Å². The lowest BCUT2D eigenvalue weighted by molar-refractivity contribution is -0.144. The van der Waals surface area contributed by atoms with Gasteiger partial charge in [-0.2, -0.15) is 0 Å². The molecule has 2 N–H and O–H groups in total. The topological polar surface area (TPSA) is 111 Å². The molecule has 2 atom stereocenters. The number of hydrogen-bond acceptors (Lipinski definition) is 6. The third kappa shape index (κ3) is 36.1. The molecule has 0 rings (SSSR count). The van der Waals surface area contributed by atoms with Gasteiger partial charge in [0.15, 0.2) is 0 Å². The summed E-state index contributed by atoms with van der Waals surface area (Å²) >= 11 is 0. The van der Waals surface area contributed by atoms with Crippen molar-refractivity contribution in [1.29, 1.82) is 0 Å². The normalized spacial score (nSPS) is 12.5. The number of aliphatic carboxylic acids is 1. The molecule has 0 saturated carbocycles. The monoisotopic (exact) mass is 712 g/mol. The fraction of sp³-hybridized carbons (Fsp3) is 0.929. The van der Waals surface area contributed by atoms with Crippen LogP contribution in [0.5, 0.6) is 0 Å². The Labute approximate surface area is 308 Å². The number of unbranched alkanes of at least 4 members (excludes halogenated alkanes) is 18. The van der Waals surface area contributed by atoms with Crippen LogP contribution in [0.2, 0.25) is 0 Å². The van der Waals surface area contributed by atoms with Crippen LogP contribution in [0, 0.1) is 5.92 Å². The molecule has 0 saturated heterocycles. The van der Waals surface area contributed by atoms with Gasteiger partial charge in [-0.1, -0.05) is 149 Å². The second kappa shape index (κ2) is 38.6. The zero-order valence-corrected chi connectivity index (χ0v) is 33.1. The minimum absolute atomic E-state index is 0.0478. The summed E-state index contributed by atoms with van der Waals surface area (Å²) in [5.41, 5.74) is 0. The van der Waals surface area contributed by atoms with E-state index in [1.807, 2.05) is 0 Å². The number of nitrogens with one attached hydrogen (secondary N) is 1. The van der Waals surface area contributed by atoms with Gasteiger partial charge in [-0.15, -0.1) is 0 Å². The largest absolute Gasteiger partial charge is 0.481 e. The Morgan fingerprint density at radius 1 is 0.500 bits per heavy atom. The maximum atomic E-state index is 12.6. The van der Waals surface area contributed by atoms with Crippen molar-refractivity contribution in [3.05, 3.63) is 0 Å². The van der Waals surface area contributed by atoms with Crippen LogP contribution in [0.3, 0.4) is 0 Å². The molecular formula is C42H81NO7. The molecule has 0 aliphatic heterocycles. The smallest absolute Gasteiger partial charge is 0.305 e. The van der Waals surface area contributed by atoms with Crippen molar-refractivity contribution in [3.63, 3.8) is 0 Å². The number of rotatable bonds is 40. The van der Waals surface area contributed by atoms with Gasteiger partial charge in [0.1, 0.15) is 0 Å². The van der Waals surface area contributed by atoms with Gasteiger partial charge < -0.3 is 24.6 Å². The van der Waals surface area contributed by atoms with E-state index in [9.17, 15) is 14.4 Å². The fourth-order valence-corrected chi connectivity index (χ4v) is 6.34. The predicted octanol–water partition coefficient (Wildman–Crippen LogP) is 11.1. The van der Waals surface area contributed by atoms with E-state index in [1.165, 1.54) is 77.0 Å². The van der Waals surface area contributed by atoms with Crippen LogP contribution in [-0.2, 0) is 28.6 Å². The van der Waals surface area contributed by atoms with Gasteiger partial charge >= 0.3 is 11.9 Å². The molecule has 0 aliphatic carbocycles. The molecule has 0 radical (unpaired) electrons. The zero-order chi connectivity index (χ0) is 36.8. The van der Waals surface area contributed by atoms with Gasteiger partial charge in [-0.25, -0.2) is 0 Å². The second-order valence-electron chi connectivity index (χ2n) is 14.6. The first-order valence-electron chi connectivity index (χ1n) is 21.2. The Balaban J connectivity index is 4.15. The van der Waals surface area contributed by atoms with Crippen molar-refractivity contribution in [1.82, 2.24) is 5.32 Å². The van der Waals surface area contributed by atoms with E-state index < -0.39 is 5.97 Å². The molecule has 2 unspecified atom stereocenters. The third-order valence-corrected chi connectivity index (χ3v) is 9.58. The second-order valence-corrected chi connectivity index (χ2v) is 14.6. The van der Waals surface area contributed by atoms with Crippen LogP contribution in [0.4, 0.5) is 0 Å². The minimum Gasteiger partial charge on any atom is -0.481 e. The summed E-state index contributed by atoms with van der Waals surface area (Å²) in [6.45, 7) is 9.51. The lowest BCUT2D eigenvalue weighted by Gasteiger charge is -2.19. The van der Waals surface area contributed by atoms with E-state index in [0.29, 0.717) is 51.8 Å². The average Bonchev–Trinajstić information content (AvgIpc) is 3.09. The summed E-state index contributed by atoms with van der Waals surface area (Å²) in [5, 5.41) is 11.9. The molecular weight excluding hydrogens is 630 g/mol. The number of hydrogen-bond donors (Lipinski definition) is 2. The number of ether oxygens (including phenoxy) is 3. The third-order valence-electron chi connectivity index (χ3n) is 9.58. The fourth-order valence-electron chi connectivity index (χ4n) is 6.34. The van der Waals surface area contributed by atoms with Crippen LogP contribution in [0.25, 0.3) is 0 Å². The van der Waals surface area contributed by atoms with E-state index in [2.05, 4.69) is 26.1 Å². The van der Waals surface area contributed by atoms with E-state index in [0.717, 1.165) is 89.9 Å². The zero-order valence-electron chi connectivity index (χ0n) is 33.1. The number of carbonyl (C=O) groups excluding carboxylic acids is 2. The van der Waals surface area contributed by atoms with Crippen LogP contribution in [0.15, 0.2) is 0 Å². The molecule has 0 fully saturated rings. The lowest BCUT2D eigenvalue weighted by Crippen LogP contribution is -2.41. The van der Waals surface area contributed by atoms with Crippen LogP contribution >= 0.6 is 0 Å². The van der Waals surface area contributed by atoms with E-state index in [1.54, 1.807) is 0 Å². The van der Waals surface area contributed by atoms with Crippen molar-refractivity contribution in [2.24, 2.45) is 5.92 Å². The van der Waals surface area contributed by atoms with Crippen molar-refractivity contribution in [2.75, 3.05) is 33.0 Å². The Morgan fingerprint density at radius 2 is 0.960 bits per heavy atom. The molecule has 8 nitrogen and oxygen atoms in total. The first-order chi connectivity index (χ1) is 24.4. The highest BCUT2D eigenvalue weighted by Gasteiger charge is 2.14. The SMILES string of the molecule is CCCCCCCCC(=O)NC(COCCCCCCCCC(=O)O)COCCCCCCCC(=O)OCCC(CCCC)CCCCCC. The molecule has 0 aliphatic rings. The number of carboxylic acid groups (broad SMARTS) is 1. The van der Waals surface area contributed by atoms with Gasteiger partial charge in [-0.05, 0) is 44.4 Å². The molecule has 296 valence electrons. The predicted molar refractivity (Wildman–Crippen MR) is 207 cm³/mol. The molecule has 0 aromatic heterocycles. The van der Waals surface area contributed by atoms with E-state index in [-0.39, 0.29) is 24.3 Å². The highest BCUT2D eigenvalue weighted by molar-refractivity contribution is 5.76. The number of carboxylic acids is 1. The Kier molecular flexibility index (Phi) is 37.3. The average molecular weight is 712 g/mol. The van der Waals surface area contributed by atoms with Crippen molar-refractivity contribution in [3.8, 4) is 0 Å². The maximum absolute atomic E-state index is 12.6.